The van der Waals surface area contributed by atoms with Gasteiger partial charge in [-0.25, -0.2) is 15.0 Å². The minimum atomic E-state index is 0.691. The Labute approximate surface area is 299 Å². The Kier molecular flexibility index (Phi) is 7.00. The van der Waals surface area contributed by atoms with Crippen molar-refractivity contribution in [1.29, 1.82) is 0 Å². The van der Waals surface area contributed by atoms with E-state index in [1.807, 2.05) is 23.5 Å². The van der Waals surface area contributed by atoms with Gasteiger partial charge in [0.2, 0.25) is 0 Å². The van der Waals surface area contributed by atoms with Crippen molar-refractivity contribution in [2.45, 2.75) is 0 Å². The molecule has 0 spiro atoms. The number of aromatic nitrogens is 3. The molecule has 0 amide bonds. The number of rotatable bonds is 5. The Balaban J connectivity index is 1.23. The van der Waals surface area contributed by atoms with Crippen molar-refractivity contribution >= 4 is 53.2 Å². The summed E-state index contributed by atoms with van der Waals surface area (Å²) in [5.74, 6) is 0.691. The summed E-state index contributed by atoms with van der Waals surface area (Å²) in [6.45, 7) is 0. The van der Waals surface area contributed by atoms with Crippen LogP contribution in [0.3, 0.4) is 0 Å². The first kappa shape index (κ1) is 29.4. The van der Waals surface area contributed by atoms with Crippen molar-refractivity contribution in [3.63, 3.8) is 0 Å². The standard InChI is InChI=1S/C47H29N3S/c1-3-13-30(14-4-1)31-25-27-34(28-26-31)47-49-40(33-16-5-2-6-17-33)29-41(50-47)37-22-12-23-39-43(37)46-44(38-20-9-10-24-42(38)51-46)45(48-39)36-21-11-18-32-15-7-8-19-35(32)36/h1-29H. The highest BCUT2D eigenvalue weighted by atomic mass is 32.1. The smallest absolute Gasteiger partial charge is 0.160 e. The Morgan fingerprint density at radius 3 is 1.82 bits per heavy atom. The van der Waals surface area contributed by atoms with Crippen LogP contribution >= 0.6 is 11.3 Å². The van der Waals surface area contributed by atoms with E-state index in [0.29, 0.717) is 5.82 Å². The van der Waals surface area contributed by atoms with Crippen molar-refractivity contribution in [2.75, 3.05) is 0 Å². The lowest BCUT2D eigenvalue weighted by molar-refractivity contribution is 1.18. The molecular weight excluding hydrogens is 639 g/mol. The van der Waals surface area contributed by atoms with Gasteiger partial charge in [0.05, 0.1) is 22.6 Å². The third-order valence-corrected chi connectivity index (χ3v) is 10.9. The zero-order chi connectivity index (χ0) is 33.7. The van der Waals surface area contributed by atoms with E-state index in [-0.39, 0.29) is 0 Å². The first-order chi connectivity index (χ1) is 25.3. The highest BCUT2D eigenvalue weighted by Crippen LogP contribution is 2.46. The molecule has 0 aliphatic carbocycles. The summed E-state index contributed by atoms with van der Waals surface area (Å²) in [5.41, 5.74) is 10.3. The molecule has 4 heteroatoms. The van der Waals surface area contributed by atoms with Crippen LogP contribution in [0.15, 0.2) is 176 Å². The molecular formula is C47H29N3S. The summed E-state index contributed by atoms with van der Waals surface area (Å²) >= 11 is 1.83. The van der Waals surface area contributed by atoms with Crippen LogP contribution in [0.4, 0.5) is 0 Å². The number of fused-ring (bicyclic) bond motifs is 6. The Morgan fingerprint density at radius 2 is 1.00 bits per heavy atom. The summed E-state index contributed by atoms with van der Waals surface area (Å²) in [5, 5.41) is 5.92. The predicted molar refractivity (Wildman–Crippen MR) is 215 cm³/mol. The molecule has 0 unspecified atom stereocenters. The van der Waals surface area contributed by atoms with Crippen LogP contribution < -0.4 is 0 Å². The Bertz CT molecular complexity index is 2890. The van der Waals surface area contributed by atoms with E-state index in [1.165, 1.54) is 36.5 Å². The maximum atomic E-state index is 5.50. The number of pyridine rings is 1. The average Bonchev–Trinajstić information content (AvgIpc) is 3.61. The number of thiophene rings is 1. The van der Waals surface area contributed by atoms with Gasteiger partial charge in [0.15, 0.2) is 5.82 Å². The lowest BCUT2D eigenvalue weighted by atomic mass is 9.96. The lowest BCUT2D eigenvalue weighted by Crippen LogP contribution is -1.97. The third kappa shape index (κ3) is 5.08. The molecule has 3 heterocycles. The maximum Gasteiger partial charge on any atom is 0.160 e. The fourth-order valence-electron chi connectivity index (χ4n) is 7.26. The molecule has 10 rings (SSSR count). The van der Waals surface area contributed by atoms with Crippen LogP contribution in [0.1, 0.15) is 0 Å². The number of hydrogen-bond donors (Lipinski definition) is 0. The SMILES string of the molecule is c1ccc(-c2ccc(-c3nc(-c4ccccc4)cc(-c4cccc5nc(-c6cccc7ccccc67)c6c7ccccc7sc6c45)n3)cc2)cc1. The Morgan fingerprint density at radius 1 is 0.392 bits per heavy atom. The van der Waals surface area contributed by atoms with Gasteiger partial charge < -0.3 is 0 Å². The van der Waals surface area contributed by atoms with Gasteiger partial charge in [-0.3, -0.25) is 0 Å². The fourth-order valence-corrected chi connectivity index (χ4v) is 8.53. The van der Waals surface area contributed by atoms with Gasteiger partial charge in [-0.2, -0.15) is 0 Å². The van der Waals surface area contributed by atoms with E-state index < -0.39 is 0 Å². The highest BCUT2D eigenvalue weighted by Gasteiger charge is 2.21. The van der Waals surface area contributed by atoms with Gasteiger partial charge in [-0.05, 0) is 40.1 Å². The number of hydrogen-bond acceptors (Lipinski definition) is 4. The average molecular weight is 668 g/mol. The highest BCUT2D eigenvalue weighted by molar-refractivity contribution is 7.26. The normalized spacial score (nSPS) is 11.5. The van der Waals surface area contributed by atoms with Gasteiger partial charge in [0, 0.05) is 47.8 Å². The van der Waals surface area contributed by atoms with E-state index in [2.05, 4.69) is 164 Å². The van der Waals surface area contributed by atoms with Gasteiger partial charge in [-0.15, -0.1) is 11.3 Å². The van der Waals surface area contributed by atoms with Crippen LogP contribution in [-0.4, -0.2) is 15.0 Å². The molecule has 3 aromatic heterocycles. The van der Waals surface area contributed by atoms with Crippen LogP contribution in [-0.2, 0) is 0 Å². The molecule has 238 valence electrons. The molecule has 0 N–H and O–H groups in total. The predicted octanol–water partition coefficient (Wildman–Crippen LogP) is 12.9. The van der Waals surface area contributed by atoms with Crippen LogP contribution in [0.2, 0.25) is 0 Å². The van der Waals surface area contributed by atoms with E-state index >= 15 is 0 Å². The van der Waals surface area contributed by atoms with Gasteiger partial charge in [-0.1, -0.05) is 158 Å². The molecule has 10 aromatic rings. The largest absolute Gasteiger partial charge is 0.247 e. The molecule has 0 saturated heterocycles. The first-order valence-corrected chi connectivity index (χ1v) is 17.9. The van der Waals surface area contributed by atoms with Gasteiger partial charge in [0.1, 0.15) is 0 Å². The molecule has 3 nitrogen and oxygen atoms in total. The fraction of sp³-hybridized carbons (Fsp3) is 0. The zero-order valence-electron chi connectivity index (χ0n) is 27.5. The third-order valence-electron chi connectivity index (χ3n) is 9.70. The van der Waals surface area contributed by atoms with Crippen molar-refractivity contribution in [3.05, 3.63) is 176 Å². The van der Waals surface area contributed by atoms with Crippen molar-refractivity contribution in [2.24, 2.45) is 0 Å². The molecule has 51 heavy (non-hydrogen) atoms. The molecule has 7 aromatic carbocycles. The second-order valence-electron chi connectivity index (χ2n) is 12.8. The molecule has 0 radical (unpaired) electrons. The number of benzene rings is 7. The summed E-state index contributed by atoms with van der Waals surface area (Å²) in [6.07, 6.45) is 0. The van der Waals surface area contributed by atoms with Crippen molar-refractivity contribution in [3.8, 4) is 56.3 Å². The van der Waals surface area contributed by atoms with Crippen LogP contribution in [0.5, 0.6) is 0 Å². The summed E-state index contributed by atoms with van der Waals surface area (Å²) < 4.78 is 2.46. The van der Waals surface area contributed by atoms with Crippen molar-refractivity contribution < 1.29 is 0 Å². The molecule has 0 atom stereocenters. The second-order valence-corrected chi connectivity index (χ2v) is 13.8. The van der Waals surface area contributed by atoms with Crippen LogP contribution in [0.25, 0.3) is 98.1 Å². The monoisotopic (exact) mass is 667 g/mol. The quantitative estimate of drug-likeness (QED) is 0.183. The molecule has 0 aliphatic rings. The topological polar surface area (TPSA) is 38.7 Å². The zero-order valence-corrected chi connectivity index (χ0v) is 28.3. The molecule has 0 fully saturated rings. The Hall–Kier alpha value is -6.49. The lowest BCUT2D eigenvalue weighted by Gasteiger charge is -2.14. The minimum Gasteiger partial charge on any atom is -0.247 e. The molecule has 0 aliphatic heterocycles. The van der Waals surface area contributed by atoms with E-state index in [0.717, 1.165) is 55.8 Å². The summed E-state index contributed by atoms with van der Waals surface area (Å²) in [4.78, 5) is 15.9. The van der Waals surface area contributed by atoms with Crippen molar-refractivity contribution in [1.82, 2.24) is 15.0 Å². The summed E-state index contributed by atoms with van der Waals surface area (Å²) in [6, 6.07) is 61.7. The molecule has 0 saturated carbocycles. The minimum absolute atomic E-state index is 0.691. The van der Waals surface area contributed by atoms with E-state index in [1.54, 1.807) is 0 Å². The van der Waals surface area contributed by atoms with E-state index in [4.69, 9.17) is 15.0 Å². The van der Waals surface area contributed by atoms with Gasteiger partial charge in [0.25, 0.3) is 0 Å². The maximum absolute atomic E-state index is 5.50. The van der Waals surface area contributed by atoms with Crippen LogP contribution in [0, 0.1) is 0 Å². The first-order valence-electron chi connectivity index (χ1n) is 17.1. The second kappa shape index (κ2) is 12.1. The molecule has 0 bridgehead atoms. The van der Waals surface area contributed by atoms with E-state index in [9.17, 15) is 0 Å². The number of nitrogens with zero attached hydrogens (tertiary/aromatic N) is 3. The summed E-state index contributed by atoms with van der Waals surface area (Å²) in [7, 11) is 0. The van der Waals surface area contributed by atoms with Gasteiger partial charge >= 0.3 is 0 Å².